The molecule has 0 spiro atoms. The maximum Gasteiger partial charge on any atom is 0.223 e. The number of likely N-dealkylation sites (tertiary alicyclic amines) is 1. The van der Waals surface area contributed by atoms with Crippen molar-refractivity contribution < 1.29 is 9.53 Å². The van der Waals surface area contributed by atoms with E-state index in [2.05, 4.69) is 58.1 Å². The van der Waals surface area contributed by atoms with Gasteiger partial charge in [0.1, 0.15) is 6.23 Å². The maximum atomic E-state index is 13.0. The van der Waals surface area contributed by atoms with E-state index < -0.39 is 0 Å². The van der Waals surface area contributed by atoms with Gasteiger partial charge in [0, 0.05) is 49.3 Å². The third-order valence-corrected chi connectivity index (χ3v) is 7.91. The second-order valence-electron chi connectivity index (χ2n) is 10.6. The highest BCUT2D eigenvalue weighted by atomic mass is 16.5. The van der Waals surface area contributed by atoms with Gasteiger partial charge < -0.3 is 9.64 Å². The lowest BCUT2D eigenvalue weighted by Gasteiger charge is -2.22. The van der Waals surface area contributed by atoms with Crippen LogP contribution in [0.4, 0.5) is 0 Å². The fraction of sp³-hybridized carbons (Fsp3) is 0.433. The molecule has 0 bridgehead atoms. The predicted octanol–water partition coefficient (Wildman–Crippen LogP) is 5.47. The fourth-order valence-electron chi connectivity index (χ4n) is 5.90. The summed E-state index contributed by atoms with van der Waals surface area (Å²) >= 11 is 0. The lowest BCUT2D eigenvalue weighted by molar-refractivity contribution is -0.131. The van der Waals surface area contributed by atoms with Crippen molar-refractivity contribution in [2.75, 3.05) is 13.2 Å². The summed E-state index contributed by atoms with van der Waals surface area (Å²) in [7, 11) is 0. The van der Waals surface area contributed by atoms with Gasteiger partial charge in [-0.25, -0.2) is 4.68 Å². The van der Waals surface area contributed by atoms with Crippen LogP contribution in [0.15, 0.2) is 67.1 Å². The lowest BCUT2D eigenvalue weighted by Crippen LogP contribution is -2.34. The summed E-state index contributed by atoms with van der Waals surface area (Å²) < 4.78 is 9.94. The lowest BCUT2D eigenvalue weighted by atomic mass is 10.1. The van der Waals surface area contributed by atoms with Crippen molar-refractivity contribution in [2.24, 2.45) is 5.92 Å². The summed E-state index contributed by atoms with van der Waals surface area (Å²) in [5, 5.41) is 10.4. The zero-order valence-electron chi connectivity index (χ0n) is 21.5. The van der Waals surface area contributed by atoms with Crippen LogP contribution in [0.25, 0.3) is 22.0 Å². The van der Waals surface area contributed by atoms with Gasteiger partial charge in [-0.05, 0) is 68.2 Å². The summed E-state index contributed by atoms with van der Waals surface area (Å²) in [4.78, 5) is 15.0. The molecule has 2 saturated heterocycles. The molecular weight excluding hydrogens is 462 g/mol. The highest BCUT2D eigenvalue weighted by Gasteiger charge is 2.32. The Labute approximate surface area is 218 Å². The minimum atomic E-state index is 0.0487. The van der Waals surface area contributed by atoms with Crippen molar-refractivity contribution >= 4 is 16.8 Å². The molecule has 2 aliphatic rings. The number of ether oxygens (including phenoxy) is 1. The van der Waals surface area contributed by atoms with E-state index in [1.807, 2.05) is 35.3 Å². The normalized spacial score (nSPS) is 22.1. The van der Waals surface area contributed by atoms with Gasteiger partial charge in [0.15, 0.2) is 0 Å². The van der Waals surface area contributed by atoms with Gasteiger partial charge in [0.25, 0.3) is 0 Å². The number of carbonyl (C=O) groups is 1. The van der Waals surface area contributed by atoms with Gasteiger partial charge in [-0.3, -0.25) is 9.48 Å². The molecule has 0 N–H and O–H groups in total. The number of fused-ring (bicyclic) bond motifs is 1. The van der Waals surface area contributed by atoms with Crippen LogP contribution >= 0.6 is 0 Å². The standard InChI is InChI=1S/C30H35N5O2/c1-22-15-24(19-33(22)29(36)13-10-23-7-3-2-4-8-23)20-34-28-12-11-25(16-26(28)17-31-34)27-18-32-35(21-27)30-9-5-6-14-37-30/h2-4,7-8,11-12,16-18,21-22,24,30H,5-6,9-10,13-15,19-20H2,1H3/t22-,24+,30?/m1/s1. The summed E-state index contributed by atoms with van der Waals surface area (Å²) in [5.41, 5.74) is 4.58. The van der Waals surface area contributed by atoms with E-state index in [1.54, 1.807) is 0 Å². The molecule has 1 amide bonds. The largest absolute Gasteiger partial charge is 0.357 e. The third-order valence-electron chi connectivity index (χ3n) is 7.91. The molecule has 7 heteroatoms. The van der Waals surface area contributed by atoms with Crippen molar-refractivity contribution in [3.8, 4) is 11.1 Å². The number of hydrogen-bond donors (Lipinski definition) is 0. The van der Waals surface area contributed by atoms with Gasteiger partial charge in [0.05, 0.1) is 17.9 Å². The Morgan fingerprint density at radius 1 is 1.05 bits per heavy atom. The first-order valence-electron chi connectivity index (χ1n) is 13.6. The Bertz CT molecular complexity index is 1350. The molecular formula is C30H35N5O2. The highest BCUT2D eigenvalue weighted by Crippen LogP contribution is 2.30. The number of carbonyl (C=O) groups excluding carboxylic acids is 1. The van der Waals surface area contributed by atoms with Gasteiger partial charge in [-0.15, -0.1) is 0 Å². The number of benzene rings is 2. The zero-order chi connectivity index (χ0) is 25.2. The van der Waals surface area contributed by atoms with E-state index in [0.29, 0.717) is 12.3 Å². The predicted molar refractivity (Wildman–Crippen MR) is 144 cm³/mol. The molecule has 192 valence electrons. The van der Waals surface area contributed by atoms with Crippen LogP contribution in [0, 0.1) is 5.92 Å². The zero-order valence-corrected chi connectivity index (χ0v) is 21.5. The minimum Gasteiger partial charge on any atom is -0.357 e. The Morgan fingerprint density at radius 2 is 1.95 bits per heavy atom. The van der Waals surface area contributed by atoms with Crippen LogP contribution in [-0.4, -0.2) is 49.6 Å². The molecule has 6 rings (SSSR count). The molecule has 4 aromatic rings. The number of aromatic nitrogens is 4. The highest BCUT2D eigenvalue weighted by molar-refractivity contribution is 5.84. The second-order valence-corrected chi connectivity index (χ2v) is 10.6. The Morgan fingerprint density at radius 3 is 2.78 bits per heavy atom. The Balaban J connectivity index is 1.10. The first-order chi connectivity index (χ1) is 18.1. The molecule has 37 heavy (non-hydrogen) atoms. The second kappa shape index (κ2) is 10.5. The monoisotopic (exact) mass is 497 g/mol. The molecule has 2 fully saturated rings. The van der Waals surface area contributed by atoms with Crippen LogP contribution in [0.1, 0.15) is 50.8 Å². The van der Waals surface area contributed by atoms with E-state index >= 15 is 0 Å². The molecule has 4 heterocycles. The van der Waals surface area contributed by atoms with Gasteiger partial charge in [-0.2, -0.15) is 10.2 Å². The molecule has 0 aliphatic carbocycles. The molecule has 0 radical (unpaired) electrons. The van der Waals surface area contributed by atoms with Crippen molar-refractivity contribution in [3.05, 3.63) is 72.7 Å². The molecule has 2 aromatic heterocycles. The van der Waals surface area contributed by atoms with E-state index in [0.717, 1.165) is 67.4 Å². The molecule has 0 saturated carbocycles. The Hall–Kier alpha value is -3.45. The van der Waals surface area contributed by atoms with Gasteiger partial charge in [-0.1, -0.05) is 36.4 Å². The van der Waals surface area contributed by atoms with Crippen molar-refractivity contribution in [1.29, 1.82) is 0 Å². The van der Waals surface area contributed by atoms with Crippen LogP contribution in [0.5, 0.6) is 0 Å². The minimum absolute atomic E-state index is 0.0487. The number of aryl methyl sites for hydroxylation is 1. The van der Waals surface area contributed by atoms with E-state index in [1.165, 1.54) is 12.0 Å². The van der Waals surface area contributed by atoms with E-state index in [9.17, 15) is 4.79 Å². The molecule has 1 unspecified atom stereocenters. The number of amides is 1. The first-order valence-corrected chi connectivity index (χ1v) is 13.6. The summed E-state index contributed by atoms with van der Waals surface area (Å²) in [5.74, 6) is 0.667. The van der Waals surface area contributed by atoms with Gasteiger partial charge in [0.2, 0.25) is 5.91 Å². The van der Waals surface area contributed by atoms with Crippen LogP contribution in [0.2, 0.25) is 0 Å². The summed E-state index contributed by atoms with van der Waals surface area (Å²) in [6.07, 6.45) is 11.7. The van der Waals surface area contributed by atoms with Crippen molar-refractivity contribution in [3.63, 3.8) is 0 Å². The smallest absolute Gasteiger partial charge is 0.223 e. The Kier molecular flexibility index (Phi) is 6.79. The van der Waals surface area contributed by atoms with Gasteiger partial charge >= 0.3 is 0 Å². The van der Waals surface area contributed by atoms with E-state index in [-0.39, 0.29) is 18.2 Å². The van der Waals surface area contributed by atoms with Crippen molar-refractivity contribution in [2.45, 2.75) is 64.3 Å². The molecule has 2 aromatic carbocycles. The molecule has 7 nitrogen and oxygen atoms in total. The molecule has 3 atom stereocenters. The number of nitrogens with zero attached hydrogens (tertiary/aromatic N) is 5. The average Bonchev–Trinajstić information content (AvgIpc) is 3.67. The summed E-state index contributed by atoms with van der Waals surface area (Å²) in [6, 6.07) is 17.0. The first kappa shape index (κ1) is 23.9. The number of rotatable bonds is 7. The van der Waals surface area contributed by atoms with Crippen molar-refractivity contribution in [1.82, 2.24) is 24.5 Å². The number of hydrogen-bond acceptors (Lipinski definition) is 4. The average molecular weight is 498 g/mol. The quantitative estimate of drug-likeness (QED) is 0.340. The maximum absolute atomic E-state index is 13.0. The van der Waals surface area contributed by atoms with E-state index in [4.69, 9.17) is 9.84 Å². The van der Waals surface area contributed by atoms with Crippen LogP contribution in [0.3, 0.4) is 0 Å². The topological polar surface area (TPSA) is 65.2 Å². The fourth-order valence-corrected chi connectivity index (χ4v) is 5.90. The summed E-state index contributed by atoms with van der Waals surface area (Å²) in [6.45, 7) is 4.61. The molecule has 2 aliphatic heterocycles. The van der Waals surface area contributed by atoms with Crippen LogP contribution in [-0.2, 0) is 22.5 Å². The third kappa shape index (κ3) is 5.18. The van der Waals surface area contributed by atoms with Crippen LogP contribution < -0.4 is 0 Å². The SMILES string of the molecule is C[C@@H]1C[C@H](Cn2ncc3cc(-c4cnn(C5CCCCO5)c4)ccc32)CN1C(=O)CCc1ccccc1.